The maximum atomic E-state index is 12.1. The van der Waals surface area contributed by atoms with Gasteiger partial charge in [-0.05, 0) is 25.0 Å². The molecule has 25 heavy (non-hydrogen) atoms. The summed E-state index contributed by atoms with van der Waals surface area (Å²) in [6, 6.07) is 4.90. The molecule has 0 aliphatic carbocycles. The molecule has 9 heteroatoms. The maximum Gasteiger partial charge on any atom is 0.232 e. The van der Waals surface area contributed by atoms with Gasteiger partial charge in [0.15, 0.2) is 11.5 Å². The number of sulfonamides is 1. The van der Waals surface area contributed by atoms with Crippen LogP contribution in [0, 0.1) is 0 Å². The Labute approximate surface area is 147 Å². The Kier molecular flexibility index (Phi) is 5.33. The van der Waals surface area contributed by atoms with Crippen LogP contribution in [0.15, 0.2) is 18.2 Å². The highest BCUT2D eigenvalue weighted by molar-refractivity contribution is 7.92. The van der Waals surface area contributed by atoms with Crippen molar-refractivity contribution in [1.82, 2.24) is 5.32 Å². The first-order valence-corrected chi connectivity index (χ1v) is 10.0. The molecule has 1 fully saturated rings. The van der Waals surface area contributed by atoms with E-state index in [1.165, 1.54) is 4.31 Å². The van der Waals surface area contributed by atoms with Crippen molar-refractivity contribution in [3.05, 3.63) is 18.2 Å². The number of nitrogens with one attached hydrogen (secondary N) is 1. The zero-order valence-corrected chi connectivity index (χ0v) is 14.9. The highest BCUT2D eigenvalue weighted by atomic mass is 32.2. The average Bonchev–Trinajstić information content (AvgIpc) is 3.22. The summed E-state index contributed by atoms with van der Waals surface area (Å²) in [5.74, 6) is 0.866. The molecule has 0 bridgehead atoms. The van der Waals surface area contributed by atoms with Crippen molar-refractivity contribution >= 4 is 21.6 Å². The topological polar surface area (TPSA) is 94.2 Å². The van der Waals surface area contributed by atoms with Gasteiger partial charge in [0.2, 0.25) is 22.7 Å². The summed E-state index contributed by atoms with van der Waals surface area (Å²) in [6.45, 7) is 1.35. The second kappa shape index (κ2) is 7.49. The lowest BCUT2D eigenvalue weighted by atomic mass is 10.2. The van der Waals surface area contributed by atoms with Crippen LogP contribution in [0.25, 0.3) is 0 Å². The normalized spacial score (nSPS) is 19.0. The van der Waals surface area contributed by atoms with E-state index in [0.717, 1.165) is 25.7 Å². The third-order valence-corrected chi connectivity index (χ3v) is 5.33. The van der Waals surface area contributed by atoms with Gasteiger partial charge in [-0.3, -0.25) is 9.10 Å². The molecule has 1 saturated heterocycles. The van der Waals surface area contributed by atoms with Crippen LogP contribution in [0.4, 0.5) is 5.69 Å². The van der Waals surface area contributed by atoms with E-state index in [1.807, 2.05) is 0 Å². The van der Waals surface area contributed by atoms with E-state index in [0.29, 0.717) is 23.7 Å². The number of rotatable bonds is 7. The zero-order chi connectivity index (χ0) is 17.9. The third-order valence-electron chi connectivity index (χ3n) is 4.14. The summed E-state index contributed by atoms with van der Waals surface area (Å²) in [5, 5.41) is 2.79. The number of ether oxygens (including phenoxy) is 3. The van der Waals surface area contributed by atoms with Crippen molar-refractivity contribution in [2.75, 3.05) is 37.1 Å². The minimum atomic E-state index is -3.53. The van der Waals surface area contributed by atoms with Crippen LogP contribution >= 0.6 is 0 Å². The fourth-order valence-electron chi connectivity index (χ4n) is 2.85. The van der Waals surface area contributed by atoms with Crippen LogP contribution in [-0.4, -0.2) is 53.2 Å². The summed E-state index contributed by atoms with van der Waals surface area (Å²) in [4.78, 5) is 12.0. The third kappa shape index (κ3) is 4.55. The van der Waals surface area contributed by atoms with Crippen LogP contribution in [0.5, 0.6) is 11.5 Å². The first-order valence-electron chi connectivity index (χ1n) is 8.19. The molecule has 1 aromatic carbocycles. The standard InChI is InChI=1S/C16H22N2O6S/c1-25(20,21)18(12-4-5-14-15(9-12)24-11-23-14)7-6-16(19)17-10-13-3-2-8-22-13/h4-5,9,13H,2-3,6-8,10-11H2,1H3,(H,17,19). The molecule has 0 radical (unpaired) electrons. The van der Waals surface area contributed by atoms with Crippen molar-refractivity contribution < 1.29 is 27.4 Å². The van der Waals surface area contributed by atoms with Crippen molar-refractivity contribution in [3.8, 4) is 11.5 Å². The fourth-order valence-corrected chi connectivity index (χ4v) is 3.77. The molecule has 1 atom stereocenters. The number of benzene rings is 1. The van der Waals surface area contributed by atoms with Crippen LogP contribution in [-0.2, 0) is 19.6 Å². The van der Waals surface area contributed by atoms with Gasteiger partial charge >= 0.3 is 0 Å². The van der Waals surface area contributed by atoms with Crippen molar-refractivity contribution in [2.24, 2.45) is 0 Å². The molecule has 1 N–H and O–H groups in total. The lowest BCUT2D eigenvalue weighted by Crippen LogP contribution is -2.36. The van der Waals surface area contributed by atoms with Gasteiger partial charge < -0.3 is 19.5 Å². The molecule has 2 heterocycles. The molecule has 8 nitrogen and oxygen atoms in total. The monoisotopic (exact) mass is 370 g/mol. The predicted octanol–water partition coefficient (Wildman–Crippen LogP) is 0.867. The Morgan fingerprint density at radius 1 is 1.32 bits per heavy atom. The highest BCUT2D eigenvalue weighted by Gasteiger charge is 2.22. The number of carbonyl (C=O) groups is 1. The molecule has 0 saturated carbocycles. The molecule has 0 aromatic heterocycles. The summed E-state index contributed by atoms with van der Waals surface area (Å²) in [6.07, 6.45) is 3.18. The summed E-state index contributed by atoms with van der Waals surface area (Å²) >= 11 is 0. The molecular formula is C16H22N2O6S. The number of fused-ring (bicyclic) bond motifs is 1. The fraction of sp³-hybridized carbons (Fsp3) is 0.562. The van der Waals surface area contributed by atoms with E-state index in [4.69, 9.17) is 14.2 Å². The van der Waals surface area contributed by atoms with Gasteiger partial charge in [0.1, 0.15) is 0 Å². The smallest absolute Gasteiger partial charge is 0.232 e. The SMILES string of the molecule is CS(=O)(=O)N(CCC(=O)NCC1CCCO1)c1ccc2c(c1)OCO2. The second-order valence-electron chi connectivity index (χ2n) is 6.06. The molecule has 0 spiro atoms. The Hall–Kier alpha value is -2.00. The van der Waals surface area contributed by atoms with E-state index in [1.54, 1.807) is 18.2 Å². The summed E-state index contributed by atoms with van der Waals surface area (Å²) in [7, 11) is -3.53. The highest BCUT2D eigenvalue weighted by Crippen LogP contribution is 2.36. The summed E-state index contributed by atoms with van der Waals surface area (Å²) < 4.78 is 41.4. The molecule has 3 rings (SSSR count). The Morgan fingerprint density at radius 2 is 2.12 bits per heavy atom. The molecule has 1 aromatic rings. The van der Waals surface area contributed by atoms with Crippen molar-refractivity contribution in [1.29, 1.82) is 0 Å². The predicted molar refractivity (Wildman–Crippen MR) is 91.4 cm³/mol. The molecule has 2 aliphatic rings. The minimum absolute atomic E-state index is 0.0514. The molecule has 2 aliphatic heterocycles. The number of amides is 1. The number of anilines is 1. The van der Waals surface area contributed by atoms with Crippen LogP contribution in [0.2, 0.25) is 0 Å². The first kappa shape index (κ1) is 17.8. The van der Waals surface area contributed by atoms with Crippen LogP contribution < -0.4 is 19.1 Å². The largest absolute Gasteiger partial charge is 0.454 e. The Morgan fingerprint density at radius 3 is 2.84 bits per heavy atom. The summed E-state index contributed by atoms with van der Waals surface area (Å²) in [5.41, 5.74) is 0.443. The van der Waals surface area contributed by atoms with E-state index >= 15 is 0 Å². The van der Waals surface area contributed by atoms with Gasteiger partial charge in [-0.2, -0.15) is 0 Å². The minimum Gasteiger partial charge on any atom is -0.454 e. The lowest BCUT2D eigenvalue weighted by molar-refractivity contribution is -0.121. The quantitative estimate of drug-likeness (QED) is 0.765. The molecular weight excluding hydrogens is 348 g/mol. The number of nitrogens with zero attached hydrogens (tertiary/aromatic N) is 1. The number of hydrogen-bond donors (Lipinski definition) is 1. The van der Waals surface area contributed by atoms with Gasteiger partial charge in [-0.25, -0.2) is 8.42 Å². The second-order valence-corrected chi connectivity index (χ2v) is 7.97. The van der Waals surface area contributed by atoms with E-state index in [2.05, 4.69) is 5.32 Å². The van der Waals surface area contributed by atoms with Gasteiger partial charge in [-0.1, -0.05) is 0 Å². The number of carbonyl (C=O) groups excluding carboxylic acids is 1. The first-order chi connectivity index (χ1) is 11.9. The van der Waals surface area contributed by atoms with E-state index in [-0.39, 0.29) is 31.8 Å². The van der Waals surface area contributed by atoms with E-state index in [9.17, 15) is 13.2 Å². The Balaban J connectivity index is 1.60. The van der Waals surface area contributed by atoms with Crippen molar-refractivity contribution in [2.45, 2.75) is 25.4 Å². The number of hydrogen-bond acceptors (Lipinski definition) is 6. The van der Waals surface area contributed by atoms with Crippen molar-refractivity contribution in [3.63, 3.8) is 0 Å². The maximum absolute atomic E-state index is 12.1. The lowest BCUT2D eigenvalue weighted by Gasteiger charge is -2.22. The molecule has 1 unspecified atom stereocenters. The van der Waals surface area contributed by atoms with Gasteiger partial charge in [0, 0.05) is 32.2 Å². The van der Waals surface area contributed by atoms with Crippen LogP contribution in [0.3, 0.4) is 0 Å². The van der Waals surface area contributed by atoms with E-state index < -0.39 is 10.0 Å². The van der Waals surface area contributed by atoms with Gasteiger partial charge in [0.25, 0.3) is 0 Å². The average molecular weight is 370 g/mol. The molecule has 1 amide bonds. The van der Waals surface area contributed by atoms with Crippen LogP contribution in [0.1, 0.15) is 19.3 Å². The zero-order valence-electron chi connectivity index (χ0n) is 14.1. The van der Waals surface area contributed by atoms with Gasteiger partial charge in [0.05, 0.1) is 18.0 Å². The van der Waals surface area contributed by atoms with Gasteiger partial charge in [-0.15, -0.1) is 0 Å². The molecule has 138 valence electrons. The Bertz CT molecular complexity index is 730.